The number of piperidine rings is 2. The number of carbonyl (C=O) groups is 3. The van der Waals surface area contributed by atoms with E-state index in [0.29, 0.717) is 49.3 Å². The van der Waals surface area contributed by atoms with Crippen molar-refractivity contribution in [1.29, 1.82) is 0 Å². The number of benzene rings is 1. The highest BCUT2D eigenvalue weighted by Crippen LogP contribution is 2.35. The highest BCUT2D eigenvalue weighted by atomic mass is 16.5. The first-order valence-corrected chi connectivity index (χ1v) is 12.7. The molecule has 2 fully saturated rings. The molecule has 2 saturated heterocycles. The van der Waals surface area contributed by atoms with E-state index < -0.39 is 5.92 Å². The summed E-state index contributed by atoms with van der Waals surface area (Å²) in [5, 5.41) is 7.85. The number of hydrogen-bond donors (Lipinski definition) is 1. The van der Waals surface area contributed by atoms with Gasteiger partial charge in [-0.05, 0) is 24.6 Å². The molecule has 2 aliphatic rings. The van der Waals surface area contributed by atoms with Crippen LogP contribution in [0.4, 0.5) is 0 Å². The number of likely N-dealkylation sites (tertiary alicyclic amines) is 1. The lowest BCUT2D eigenvalue weighted by molar-refractivity contribution is -0.134. The maximum absolute atomic E-state index is 13.2. The largest absolute Gasteiger partial charge is 0.488 e. The van der Waals surface area contributed by atoms with Crippen molar-refractivity contribution in [2.75, 3.05) is 13.1 Å². The first-order valence-electron chi connectivity index (χ1n) is 12.7. The summed E-state index contributed by atoms with van der Waals surface area (Å²) in [6.07, 6.45) is 5.20. The highest BCUT2D eigenvalue weighted by molar-refractivity contribution is 6.03. The van der Waals surface area contributed by atoms with E-state index in [9.17, 15) is 19.2 Å². The molecule has 0 radical (unpaired) electrons. The molecule has 1 N–H and O–H groups in total. The number of fused-ring (bicyclic) bond motifs is 2. The number of aromatic nitrogens is 4. The van der Waals surface area contributed by atoms with Crippen molar-refractivity contribution in [2.45, 2.75) is 37.7 Å². The molecule has 1 unspecified atom stereocenters. The molecule has 0 spiro atoms. The zero-order chi connectivity index (χ0) is 26.6. The Hall–Kier alpha value is -4.41. The molecular formula is C27H28N6O5. The van der Waals surface area contributed by atoms with Gasteiger partial charge in [0.25, 0.3) is 5.91 Å². The van der Waals surface area contributed by atoms with Gasteiger partial charge in [0.05, 0.1) is 11.6 Å². The van der Waals surface area contributed by atoms with Gasteiger partial charge in [-0.3, -0.25) is 38.4 Å². The number of para-hydroxylation sites is 1. The van der Waals surface area contributed by atoms with Gasteiger partial charge in [-0.2, -0.15) is 5.10 Å². The third-order valence-corrected chi connectivity index (χ3v) is 7.54. The van der Waals surface area contributed by atoms with Crippen LogP contribution in [-0.2, 0) is 23.7 Å². The number of rotatable bonds is 4. The Kier molecular flexibility index (Phi) is 5.77. The van der Waals surface area contributed by atoms with Crippen LogP contribution in [0, 0.1) is 0 Å². The van der Waals surface area contributed by atoms with E-state index >= 15 is 0 Å². The number of aryl methyl sites for hydroxylation is 2. The SMILES string of the molecule is Cn1nc(C2CCC(=O)NC2=O)c2cccc(OC3CCN(C(=O)c4cn(C)n5cccc5c4=O)CC3)c21. The van der Waals surface area contributed by atoms with Crippen molar-refractivity contribution >= 4 is 34.1 Å². The minimum atomic E-state index is -0.486. The van der Waals surface area contributed by atoms with E-state index in [1.165, 1.54) is 0 Å². The highest BCUT2D eigenvalue weighted by Gasteiger charge is 2.33. The van der Waals surface area contributed by atoms with Crippen LogP contribution in [0.1, 0.15) is 47.7 Å². The summed E-state index contributed by atoms with van der Waals surface area (Å²) in [7, 11) is 3.61. The molecule has 3 amide bonds. The van der Waals surface area contributed by atoms with E-state index in [4.69, 9.17) is 4.74 Å². The fourth-order valence-corrected chi connectivity index (χ4v) is 5.59. The second-order valence-electron chi connectivity index (χ2n) is 9.96. The summed E-state index contributed by atoms with van der Waals surface area (Å²) < 4.78 is 11.6. The second kappa shape index (κ2) is 9.16. The Labute approximate surface area is 217 Å². The molecule has 6 rings (SSSR count). The summed E-state index contributed by atoms with van der Waals surface area (Å²) in [6, 6.07) is 9.17. The molecule has 0 bridgehead atoms. The first kappa shape index (κ1) is 24.0. The number of imide groups is 1. The molecule has 0 aliphatic carbocycles. The van der Waals surface area contributed by atoms with Gasteiger partial charge in [-0.1, -0.05) is 12.1 Å². The predicted molar refractivity (Wildman–Crippen MR) is 138 cm³/mol. The number of nitrogens with zero attached hydrogens (tertiary/aromatic N) is 5. The minimum absolute atomic E-state index is 0.116. The molecule has 11 heteroatoms. The monoisotopic (exact) mass is 516 g/mol. The van der Waals surface area contributed by atoms with E-state index in [0.717, 1.165) is 10.9 Å². The van der Waals surface area contributed by atoms with Crippen LogP contribution >= 0.6 is 0 Å². The van der Waals surface area contributed by atoms with E-state index in [1.807, 2.05) is 25.2 Å². The molecule has 2 aliphatic heterocycles. The van der Waals surface area contributed by atoms with Crippen molar-refractivity contribution < 1.29 is 19.1 Å². The van der Waals surface area contributed by atoms with Crippen LogP contribution in [0.2, 0.25) is 0 Å². The van der Waals surface area contributed by atoms with Crippen LogP contribution in [0.3, 0.4) is 0 Å². The molecule has 0 saturated carbocycles. The zero-order valence-electron chi connectivity index (χ0n) is 21.2. The Morgan fingerprint density at radius 3 is 2.61 bits per heavy atom. The number of carbonyl (C=O) groups excluding carboxylic acids is 3. The lowest BCUT2D eigenvalue weighted by Crippen LogP contribution is -2.43. The molecule has 11 nitrogen and oxygen atoms in total. The van der Waals surface area contributed by atoms with Crippen molar-refractivity contribution in [3.8, 4) is 5.75 Å². The smallest absolute Gasteiger partial charge is 0.259 e. The number of ether oxygens (including phenoxy) is 1. The fourth-order valence-electron chi connectivity index (χ4n) is 5.59. The summed E-state index contributed by atoms with van der Waals surface area (Å²) in [4.78, 5) is 51.9. The zero-order valence-corrected chi connectivity index (χ0v) is 21.2. The Morgan fingerprint density at radius 1 is 1.05 bits per heavy atom. The second-order valence-corrected chi connectivity index (χ2v) is 9.96. The molecular weight excluding hydrogens is 488 g/mol. The molecule has 1 aromatic carbocycles. The Bertz CT molecular complexity index is 1660. The fraction of sp³-hybridized carbons (Fsp3) is 0.370. The van der Waals surface area contributed by atoms with Crippen molar-refractivity contribution in [3.63, 3.8) is 0 Å². The first-order chi connectivity index (χ1) is 18.3. The van der Waals surface area contributed by atoms with Crippen LogP contribution in [-0.4, -0.2) is 60.8 Å². The number of hydrogen-bond acceptors (Lipinski definition) is 6. The third-order valence-electron chi connectivity index (χ3n) is 7.54. The van der Waals surface area contributed by atoms with E-state index in [1.54, 1.807) is 50.4 Å². The normalized spacial score (nSPS) is 18.8. The van der Waals surface area contributed by atoms with Gasteiger partial charge in [0.2, 0.25) is 17.2 Å². The summed E-state index contributed by atoms with van der Waals surface area (Å²) in [6.45, 7) is 0.948. The Balaban J connectivity index is 1.18. The summed E-state index contributed by atoms with van der Waals surface area (Å²) in [5.74, 6) is -0.676. The van der Waals surface area contributed by atoms with Crippen molar-refractivity contribution in [2.24, 2.45) is 14.1 Å². The molecule has 5 heterocycles. The van der Waals surface area contributed by atoms with Gasteiger partial charge in [0, 0.05) is 64.2 Å². The van der Waals surface area contributed by atoms with Gasteiger partial charge < -0.3 is 9.64 Å². The van der Waals surface area contributed by atoms with Gasteiger partial charge in [-0.15, -0.1) is 0 Å². The maximum Gasteiger partial charge on any atom is 0.259 e. The van der Waals surface area contributed by atoms with E-state index in [2.05, 4.69) is 10.4 Å². The average Bonchev–Trinajstić information content (AvgIpc) is 3.53. The van der Waals surface area contributed by atoms with Gasteiger partial charge in [0.15, 0.2) is 0 Å². The minimum Gasteiger partial charge on any atom is -0.488 e. The molecule has 4 aromatic rings. The molecule has 38 heavy (non-hydrogen) atoms. The Morgan fingerprint density at radius 2 is 1.84 bits per heavy atom. The molecule has 196 valence electrons. The average molecular weight is 517 g/mol. The quantitative estimate of drug-likeness (QED) is 0.413. The van der Waals surface area contributed by atoms with Crippen LogP contribution in [0.5, 0.6) is 5.75 Å². The standard InChI is InChI=1S/C27H28N6O5/c1-30-15-19(25(35)20-6-4-12-33(20)30)27(37)32-13-10-16(11-14-32)38-21-7-3-5-17-23(29-31(2)24(17)21)18-8-9-22(34)28-26(18)36/h3-7,12,15-16,18H,8-11,13-14H2,1-2H3,(H,28,34,36). The lowest BCUT2D eigenvalue weighted by Gasteiger charge is -2.32. The van der Waals surface area contributed by atoms with E-state index in [-0.39, 0.29) is 41.2 Å². The van der Waals surface area contributed by atoms with Gasteiger partial charge in [-0.25, -0.2) is 0 Å². The molecule has 1 atom stereocenters. The van der Waals surface area contributed by atoms with Gasteiger partial charge in [0.1, 0.15) is 28.5 Å². The maximum atomic E-state index is 13.2. The molecule has 3 aromatic heterocycles. The number of amides is 3. The van der Waals surface area contributed by atoms with Crippen molar-refractivity contribution in [1.82, 2.24) is 29.2 Å². The number of nitrogens with one attached hydrogen (secondary N) is 1. The van der Waals surface area contributed by atoms with Crippen LogP contribution in [0.15, 0.2) is 47.5 Å². The van der Waals surface area contributed by atoms with Gasteiger partial charge >= 0.3 is 0 Å². The third kappa shape index (κ3) is 3.94. The topological polar surface area (TPSA) is 120 Å². The summed E-state index contributed by atoms with van der Waals surface area (Å²) >= 11 is 0. The lowest BCUT2D eigenvalue weighted by atomic mass is 9.93. The van der Waals surface area contributed by atoms with Crippen LogP contribution < -0.4 is 15.5 Å². The predicted octanol–water partition coefficient (Wildman–Crippen LogP) is 1.73. The van der Waals surface area contributed by atoms with Crippen molar-refractivity contribution in [3.05, 3.63) is 64.2 Å². The summed E-state index contributed by atoms with van der Waals surface area (Å²) in [5.41, 5.74) is 1.79. The van der Waals surface area contributed by atoms with Crippen LogP contribution in [0.25, 0.3) is 16.4 Å².